The van der Waals surface area contributed by atoms with E-state index in [9.17, 15) is 13.6 Å². The van der Waals surface area contributed by atoms with E-state index in [1.807, 2.05) is 0 Å². The topological polar surface area (TPSA) is 41.1 Å². The van der Waals surface area contributed by atoms with Crippen molar-refractivity contribution < 1.29 is 13.6 Å². The molecule has 25 heavy (non-hydrogen) atoms. The summed E-state index contributed by atoms with van der Waals surface area (Å²) in [7, 11) is 0. The Hall–Kier alpha value is -1.98. The van der Waals surface area contributed by atoms with Crippen molar-refractivity contribution in [2.24, 2.45) is 0 Å². The van der Waals surface area contributed by atoms with Crippen molar-refractivity contribution >= 4 is 18.3 Å². The highest BCUT2D eigenvalue weighted by Gasteiger charge is 2.21. The predicted octanol–water partition coefficient (Wildman–Crippen LogP) is 3.73. The minimum Gasteiger partial charge on any atom is -0.345 e. The molecule has 0 spiro atoms. The van der Waals surface area contributed by atoms with Crippen LogP contribution in [0.25, 0.3) is 0 Å². The fourth-order valence-corrected chi connectivity index (χ4v) is 3.04. The van der Waals surface area contributed by atoms with Crippen molar-refractivity contribution in [3.05, 3.63) is 71.3 Å². The van der Waals surface area contributed by atoms with E-state index in [0.717, 1.165) is 30.5 Å². The highest BCUT2D eigenvalue weighted by atomic mass is 35.5. The average molecular weight is 367 g/mol. The standard InChI is InChI=1S/C19H20F2N2O.ClH/c20-15-7-3-13(4-8-15)19(14-5-9-16(21)10-6-14)23-18(24)12-17-2-1-11-22-17;/h3-10,17,19,22H,1-2,11-12H2,(H,23,24);1H. The Morgan fingerprint density at radius 3 is 2.00 bits per heavy atom. The quantitative estimate of drug-likeness (QED) is 0.846. The highest BCUT2D eigenvalue weighted by Crippen LogP contribution is 2.23. The van der Waals surface area contributed by atoms with Crippen LogP contribution in [0.3, 0.4) is 0 Å². The van der Waals surface area contributed by atoms with Crippen molar-refractivity contribution in [2.75, 3.05) is 6.54 Å². The molecule has 2 aromatic rings. The van der Waals surface area contributed by atoms with Crippen LogP contribution in [0, 0.1) is 11.6 Å². The maximum atomic E-state index is 13.2. The summed E-state index contributed by atoms with van der Waals surface area (Å²) >= 11 is 0. The molecule has 6 heteroatoms. The van der Waals surface area contributed by atoms with Crippen molar-refractivity contribution in [1.29, 1.82) is 0 Å². The number of carbonyl (C=O) groups excluding carboxylic acids is 1. The lowest BCUT2D eigenvalue weighted by atomic mass is 9.98. The third-order valence-electron chi connectivity index (χ3n) is 4.31. The summed E-state index contributed by atoms with van der Waals surface area (Å²) in [6.45, 7) is 0.942. The van der Waals surface area contributed by atoms with Crippen LogP contribution in [0.5, 0.6) is 0 Å². The molecule has 0 aliphatic carbocycles. The zero-order valence-electron chi connectivity index (χ0n) is 13.7. The smallest absolute Gasteiger partial charge is 0.222 e. The molecule has 2 N–H and O–H groups in total. The van der Waals surface area contributed by atoms with Gasteiger partial charge < -0.3 is 10.6 Å². The minimum atomic E-state index is -0.430. The van der Waals surface area contributed by atoms with E-state index in [1.54, 1.807) is 24.3 Å². The number of benzene rings is 2. The summed E-state index contributed by atoms with van der Waals surface area (Å²) in [6.07, 6.45) is 2.47. The molecule has 0 bridgehead atoms. The zero-order chi connectivity index (χ0) is 16.9. The average Bonchev–Trinajstić information content (AvgIpc) is 3.07. The van der Waals surface area contributed by atoms with Gasteiger partial charge in [-0.15, -0.1) is 12.4 Å². The number of halogens is 3. The molecular formula is C19H21ClF2N2O. The number of amides is 1. The van der Waals surface area contributed by atoms with Crippen molar-refractivity contribution in [1.82, 2.24) is 10.6 Å². The maximum Gasteiger partial charge on any atom is 0.222 e. The molecule has 3 nitrogen and oxygen atoms in total. The van der Waals surface area contributed by atoms with Gasteiger partial charge in [-0.25, -0.2) is 8.78 Å². The van der Waals surface area contributed by atoms with Crippen LogP contribution in [0.1, 0.15) is 36.4 Å². The molecule has 1 amide bonds. The largest absolute Gasteiger partial charge is 0.345 e. The Labute approximate surface area is 152 Å². The Morgan fingerprint density at radius 1 is 1.04 bits per heavy atom. The molecule has 2 aromatic carbocycles. The van der Waals surface area contributed by atoms with Gasteiger partial charge in [0, 0.05) is 12.5 Å². The lowest BCUT2D eigenvalue weighted by Crippen LogP contribution is -2.34. The first-order valence-corrected chi connectivity index (χ1v) is 8.15. The van der Waals surface area contributed by atoms with Gasteiger partial charge in [0.15, 0.2) is 0 Å². The lowest BCUT2D eigenvalue weighted by Gasteiger charge is -2.21. The summed E-state index contributed by atoms with van der Waals surface area (Å²) in [6, 6.07) is 11.7. The van der Waals surface area contributed by atoms with Crippen molar-refractivity contribution in [3.63, 3.8) is 0 Å². The van der Waals surface area contributed by atoms with Gasteiger partial charge in [-0.05, 0) is 54.8 Å². The van der Waals surface area contributed by atoms with E-state index in [2.05, 4.69) is 10.6 Å². The zero-order valence-corrected chi connectivity index (χ0v) is 14.5. The van der Waals surface area contributed by atoms with Gasteiger partial charge in [-0.2, -0.15) is 0 Å². The van der Waals surface area contributed by atoms with Crippen LogP contribution in [0.15, 0.2) is 48.5 Å². The first-order chi connectivity index (χ1) is 11.6. The molecule has 1 aliphatic heterocycles. The van der Waals surface area contributed by atoms with Crippen LogP contribution in [0.4, 0.5) is 8.78 Å². The number of carbonyl (C=O) groups is 1. The molecule has 0 aromatic heterocycles. The lowest BCUT2D eigenvalue weighted by molar-refractivity contribution is -0.122. The van der Waals surface area contributed by atoms with Gasteiger partial charge in [0.25, 0.3) is 0 Å². The third kappa shape index (κ3) is 5.25. The van der Waals surface area contributed by atoms with Gasteiger partial charge in [0.1, 0.15) is 11.6 Å². The summed E-state index contributed by atoms with van der Waals surface area (Å²) in [5.74, 6) is -0.746. The molecular weight excluding hydrogens is 346 g/mol. The van der Waals surface area contributed by atoms with Crippen LogP contribution in [0.2, 0.25) is 0 Å². The summed E-state index contributed by atoms with van der Waals surface area (Å²) < 4.78 is 26.4. The van der Waals surface area contributed by atoms with E-state index in [0.29, 0.717) is 6.42 Å². The first-order valence-electron chi connectivity index (χ1n) is 8.15. The highest BCUT2D eigenvalue weighted by molar-refractivity contribution is 5.85. The van der Waals surface area contributed by atoms with E-state index in [-0.39, 0.29) is 36.0 Å². The second-order valence-electron chi connectivity index (χ2n) is 6.10. The fourth-order valence-electron chi connectivity index (χ4n) is 3.04. The van der Waals surface area contributed by atoms with Crippen LogP contribution < -0.4 is 10.6 Å². The first kappa shape index (κ1) is 19.3. The number of nitrogens with one attached hydrogen (secondary N) is 2. The monoisotopic (exact) mass is 366 g/mol. The molecule has 3 rings (SSSR count). The molecule has 1 atom stereocenters. The van der Waals surface area contributed by atoms with Gasteiger partial charge in [0.05, 0.1) is 6.04 Å². The maximum absolute atomic E-state index is 13.2. The Balaban J connectivity index is 0.00000225. The number of hydrogen-bond donors (Lipinski definition) is 2. The molecule has 1 saturated heterocycles. The predicted molar refractivity (Wildman–Crippen MR) is 95.7 cm³/mol. The Morgan fingerprint density at radius 2 is 1.56 bits per heavy atom. The van der Waals surface area contributed by atoms with E-state index < -0.39 is 6.04 Å². The van der Waals surface area contributed by atoms with Gasteiger partial charge in [-0.3, -0.25) is 4.79 Å². The van der Waals surface area contributed by atoms with Crippen LogP contribution in [-0.4, -0.2) is 18.5 Å². The molecule has 134 valence electrons. The minimum absolute atomic E-state index is 0. The Kier molecular flexibility index (Phi) is 6.91. The molecule has 1 heterocycles. The summed E-state index contributed by atoms with van der Waals surface area (Å²) in [5, 5.41) is 6.29. The van der Waals surface area contributed by atoms with Crippen molar-refractivity contribution in [3.8, 4) is 0 Å². The Bertz CT molecular complexity index is 640. The molecule has 1 unspecified atom stereocenters. The van der Waals surface area contributed by atoms with E-state index >= 15 is 0 Å². The number of hydrogen-bond acceptors (Lipinski definition) is 2. The molecule has 1 fully saturated rings. The number of rotatable bonds is 5. The second-order valence-corrected chi connectivity index (χ2v) is 6.10. The van der Waals surface area contributed by atoms with E-state index in [4.69, 9.17) is 0 Å². The van der Waals surface area contributed by atoms with Gasteiger partial charge in [-0.1, -0.05) is 24.3 Å². The van der Waals surface area contributed by atoms with Gasteiger partial charge in [0.2, 0.25) is 5.91 Å². The van der Waals surface area contributed by atoms with Gasteiger partial charge >= 0.3 is 0 Å². The third-order valence-corrected chi connectivity index (χ3v) is 4.31. The van der Waals surface area contributed by atoms with E-state index in [1.165, 1.54) is 24.3 Å². The molecule has 0 saturated carbocycles. The summed E-state index contributed by atoms with van der Waals surface area (Å²) in [5.41, 5.74) is 1.52. The van der Waals surface area contributed by atoms with Crippen LogP contribution in [-0.2, 0) is 4.79 Å². The SMILES string of the molecule is Cl.O=C(CC1CCCN1)NC(c1ccc(F)cc1)c1ccc(F)cc1. The molecule has 1 aliphatic rings. The second kappa shape index (κ2) is 8.92. The van der Waals surface area contributed by atoms with Crippen LogP contribution >= 0.6 is 12.4 Å². The summed E-state index contributed by atoms with van der Waals surface area (Å²) in [4.78, 5) is 12.4. The van der Waals surface area contributed by atoms with Crippen molar-refractivity contribution in [2.45, 2.75) is 31.3 Å². The molecule has 0 radical (unpaired) electrons. The fraction of sp³-hybridized carbons (Fsp3) is 0.316. The normalized spacial score (nSPS) is 16.5.